The molecular formula is C15H21N5OS. The molecule has 6 nitrogen and oxygen atoms in total. The van der Waals surface area contributed by atoms with Gasteiger partial charge in [-0.05, 0) is 33.1 Å². The molecule has 0 saturated heterocycles. The quantitative estimate of drug-likeness (QED) is 0.866. The summed E-state index contributed by atoms with van der Waals surface area (Å²) in [5, 5.41) is 5.18. The number of fused-ring (bicyclic) bond motifs is 1. The number of carbonyl (C=O) groups excluding carboxylic acids is 1. The molecule has 7 heteroatoms. The summed E-state index contributed by atoms with van der Waals surface area (Å²) < 4.78 is 1.60. The second kappa shape index (κ2) is 6.16. The molecule has 2 aromatic heterocycles. The van der Waals surface area contributed by atoms with Crippen LogP contribution in [0.5, 0.6) is 0 Å². The third-order valence-electron chi connectivity index (χ3n) is 4.24. The number of rotatable bonds is 4. The van der Waals surface area contributed by atoms with Crippen LogP contribution in [-0.2, 0) is 11.2 Å². The minimum absolute atomic E-state index is 0.0598. The average Bonchev–Trinajstić information content (AvgIpc) is 3.14. The summed E-state index contributed by atoms with van der Waals surface area (Å²) in [7, 11) is 1.86. The Labute approximate surface area is 134 Å². The zero-order valence-electron chi connectivity index (χ0n) is 13.2. The van der Waals surface area contributed by atoms with Gasteiger partial charge in [-0.1, -0.05) is 0 Å². The Balaban J connectivity index is 1.69. The molecule has 1 aliphatic rings. The first-order chi connectivity index (χ1) is 10.6. The Hall–Kier alpha value is -1.76. The smallest absolute Gasteiger partial charge is 0.246 e. The maximum absolute atomic E-state index is 12.6. The number of hydrogen-bond acceptors (Lipinski definition) is 5. The van der Waals surface area contributed by atoms with Gasteiger partial charge in [-0.15, -0.1) is 11.3 Å². The second-order valence-electron chi connectivity index (χ2n) is 5.90. The summed E-state index contributed by atoms with van der Waals surface area (Å²) in [5.74, 6) is 0.412. The first kappa shape index (κ1) is 15.1. The Bertz CT molecular complexity index is 651. The van der Waals surface area contributed by atoms with E-state index in [2.05, 4.69) is 17.0 Å². The van der Waals surface area contributed by atoms with Crippen LogP contribution in [0.2, 0.25) is 0 Å². The van der Waals surface area contributed by atoms with Gasteiger partial charge in [-0.3, -0.25) is 4.79 Å². The zero-order valence-corrected chi connectivity index (χ0v) is 14.0. The fraction of sp³-hybridized carbons (Fsp3) is 0.600. The van der Waals surface area contributed by atoms with Gasteiger partial charge in [0.1, 0.15) is 18.7 Å². The molecule has 2 heterocycles. The van der Waals surface area contributed by atoms with Crippen LogP contribution in [0.4, 0.5) is 0 Å². The van der Waals surface area contributed by atoms with Crippen molar-refractivity contribution in [3.8, 4) is 0 Å². The Morgan fingerprint density at radius 2 is 2.41 bits per heavy atom. The van der Waals surface area contributed by atoms with Crippen LogP contribution in [0.3, 0.4) is 0 Å². The van der Waals surface area contributed by atoms with E-state index in [0.29, 0.717) is 12.5 Å². The number of thiazole rings is 1. The summed E-state index contributed by atoms with van der Waals surface area (Å²) in [6, 6.07) is -0.326. The van der Waals surface area contributed by atoms with Crippen LogP contribution in [0, 0.1) is 6.92 Å². The van der Waals surface area contributed by atoms with E-state index in [1.807, 2.05) is 14.0 Å². The van der Waals surface area contributed by atoms with Gasteiger partial charge in [0.25, 0.3) is 0 Å². The number of likely N-dealkylation sites (N-methyl/N-ethyl adjacent to an activating group) is 1. The minimum atomic E-state index is -0.326. The summed E-state index contributed by atoms with van der Waals surface area (Å²) >= 11 is 1.80. The van der Waals surface area contributed by atoms with Crippen LogP contribution in [0.1, 0.15) is 47.3 Å². The van der Waals surface area contributed by atoms with Crippen LogP contribution < -0.4 is 0 Å². The molecule has 2 aromatic rings. The van der Waals surface area contributed by atoms with E-state index in [4.69, 9.17) is 4.98 Å². The van der Waals surface area contributed by atoms with Crippen LogP contribution in [0.25, 0.3) is 0 Å². The topological polar surface area (TPSA) is 63.9 Å². The van der Waals surface area contributed by atoms with E-state index in [0.717, 1.165) is 17.8 Å². The largest absolute Gasteiger partial charge is 0.343 e. The van der Waals surface area contributed by atoms with Crippen molar-refractivity contribution in [3.05, 3.63) is 28.2 Å². The molecule has 0 fully saturated rings. The Kier molecular flexibility index (Phi) is 4.24. The first-order valence-corrected chi connectivity index (χ1v) is 8.43. The highest BCUT2D eigenvalue weighted by Crippen LogP contribution is 2.35. The van der Waals surface area contributed by atoms with E-state index in [1.54, 1.807) is 27.2 Å². The van der Waals surface area contributed by atoms with E-state index >= 15 is 0 Å². The van der Waals surface area contributed by atoms with Crippen LogP contribution in [-0.4, -0.2) is 44.1 Å². The molecule has 118 valence electrons. The predicted octanol–water partition coefficient (Wildman–Crippen LogP) is 2.18. The molecule has 2 atom stereocenters. The predicted molar refractivity (Wildman–Crippen MR) is 84.9 cm³/mol. The maximum Gasteiger partial charge on any atom is 0.246 e. The van der Waals surface area contributed by atoms with Crippen molar-refractivity contribution in [3.63, 3.8) is 0 Å². The van der Waals surface area contributed by atoms with E-state index in [1.165, 1.54) is 23.3 Å². The fourth-order valence-electron chi connectivity index (χ4n) is 3.08. The van der Waals surface area contributed by atoms with E-state index < -0.39 is 0 Å². The third kappa shape index (κ3) is 2.90. The van der Waals surface area contributed by atoms with Gasteiger partial charge in [0.05, 0.1) is 10.7 Å². The first-order valence-electron chi connectivity index (χ1n) is 7.61. The average molecular weight is 319 g/mol. The molecule has 0 aliphatic heterocycles. The molecule has 1 amide bonds. The van der Waals surface area contributed by atoms with Gasteiger partial charge in [-0.2, -0.15) is 5.10 Å². The van der Waals surface area contributed by atoms with Gasteiger partial charge in [0.15, 0.2) is 0 Å². The van der Waals surface area contributed by atoms with Crippen molar-refractivity contribution in [2.45, 2.75) is 45.1 Å². The maximum atomic E-state index is 12.6. The van der Waals surface area contributed by atoms with Gasteiger partial charge in [-0.25, -0.2) is 14.6 Å². The number of nitrogens with zero attached hydrogens (tertiary/aromatic N) is 5. The molecule has 0 unspecified atom stereocenters. The number of amides is 1. The van der Waals surface area contributed by atoms with Gasteiger partial charge in [0, 0.05) is 24.4 Å². The molecular weight excluding hydrogens is 298 g/mol. The Morgan fingerprint density at radius 1 is 1.59 bits per heavy atom. The summed E-state index contributed by atoms with van der Waals surface area (Å²) in [4.78, 5) is 24.4. The number of aromatic nitrogens is 4. The highest BCUT2D eigenvalue weighted by molar-refractivity contribution is 7.11. The minimum Gasteiger partial charge on any atom is -0.343 e. The van der Waals surface area contributed by atoms with E-state index in [9.17, 15) is 4.79 Å². The van der Waals surface area contributed by atoms with Gasteiger partial charge < -0.3 is 4.90 Å². The zero-order chi connectivity index (χ0) is 15.7. The molecule has 3 rings (SSSR count). The van der Waals surface area contributed by atoms with Crippen molar-refractivity contribution in [2.75, 3.05) is 13.6 Å². The highest BCUT2D eigenvalue weighted by atomic mass is 32.1. The summed E-state index contributed by atoms with van der Waals surface area (Å²) in [6.07, 6.45) is 6.45. The number of hydrogen-bond donors (Lipinski definition) is 0. The van der Waals surface area contributed by atoms with Gasteiger partial charge in [0.2, 0.25) is 5.91 Å². The summed E-state index contributed by atoms with van der Waals surface area (Å²) in [6.45, 7) is 4.63. The van der Waals surface area contributed by atoms with Crippen LogP contribution in [0.15, 0.2) is 12.7 Å². The lowest BCUT2D eigenvalue weighted by Gasteiger charge is -2.28. The lowest BCUT2D eigenvalue weighted by Crippen LogP contribution is -2.36. The normalized spacial score (nSPS) is 18.8. The molecule has 0 radical (unpaired) electrons. The fourth-order valence-corrected chi connectivity index (χ4v) is 4.14. The molecule has 0 saturated carbocycles. The number of aryl methyl sites for hydroxylation is 2. The van der Waals surface area contributed by atoms with Crippen molar-refractivity contribution in [1.82, 2.24) is 24.6 Å². The van der Waals surface area contributed by atoms with Crippen molar-refractivity contribution in [2.24, 2.45) is 0 Å². The Morgan fingerprint density at radius 3 is 3.14 bits per heavy atom. The highest BCUT2D eigenvalue weighted by Gasteiger charge is 2.28. The molecule has 0 N–H and O–H groups in total. The number of carbonyl (C=O) groups is 1. The molecule has 0 aromatic carbocycles. The lowest BCUT2D eigenvalue weighted by molar-refractivity contribution is -0.133. The molecule has 0 bridgehead atoms. The second-order valence-corrected chi connectivity index (χ2v) is 7.19. The lowest BCUT2D eigenvalue weighted by atomic mass is 9.90. The van der Waals surface area contributed by atoms with E-state index in [-0.39, 0.29) is 11.9 Å². The third-order valence-corrected chi connectivity index (χ3v) is 5.29. The van der Waals surface area contributed by atoms with Crippen molar-refractivity contribution < 1.29 is 4.79 Å². The monoisotopic (exact) mass is 319 g/mol. The van der Waals surface area contributed by atoms with Crippen LogP contribution >= 0.6 is 11.3 Å². The standard InChI is InChI=1S/C15H21N5OS/c1-10(20-9-16-8-17-20)15(21)19(3)7-12-5-4-6-13-14(12)18-11(2)22-13/h8-10,12H,4-7H2,1-3H3/t10-,12-/m0/s1. The SMILES string of the molecule is Cc1nc2c(s1)CCC[C@H]2CN(C)C(=O)[C@H](C)n1cncn1. The van der Waals surface area contributed by atoms with Gasteiger partial charge >= 0.3 is 0 Å². The molecule has 22 heavy (non-hydrogen) atoms. The summed E-state index contributed by atoms with van der Waals surface area (Å²) in [5.41, 5.74) is 1.21. The van der Waals surface area contributed by atoms with Crippen molar-refractivity contribution >= 4 is 17.2 Å². The molecule has 0 spiro atoms. The van der Waals surface area contributed by atoms with Crippen molar-refractivity contribution in [1.29, 1.82) is 0 Å². The molecule has 1 aliphatic carbocycles.